The number of benzene rings is 2. The van der Waals surface area contributed by atoms with E-state index in [0.717, 1.165) is 22.0 Å². The molecule has 0 fully saturated rings. The van der Waals surface area contributed by atoms with Crippen molar-refractivity contribution in [3.8, 4) is 5.69 Å². The monoisotopic (exact) mass is 481 g/mol. The molecule has 0 aliphatic rings. The van der Waals surface area contributed by atoms with E-state index in [4.69, 9.17) is 11.6 Å². The highest BCUT2D eigenvalue weighted by Crippen LogP contribution is 2.10. The number of para-hydroxylation sites is 1. The molecular formula is C19H21ClIN5. The zero-order valence-electron chi connectivity index (χ0n) is 14.4. The lowest BCUT2D eigenvalue weighted by Gasteiger charge is -2.11. The second kappa shape index (κ2) is 10.2. The van der Waals surface area contributed by atoms with Crippen molar-refractivity contribution in [1.82, 2.24) is 20.4 Å². The molecule has 2 aromatic carbocycles. The molecule has 0 bridgehead atoms. The first-order valence-corrected chi connectivity index (χ1v) is 8.41. The quantitative estimate of drug-likeness (QED) is 0.329. The number of hydrogen-bond acceptors (Lipinski definition) is 2. The van der Waals surface area contributed by atoms with Crippen molar-refractivity contribution in [2.24, 2.45) is 4.99 Å². The minimum absolute atomic E-state index is 0. The first-order valence-electron chi connectivity index (χ1n) is 8.03. The highest BCUT2D eigenvalue weighted by molar-refractivity contribution is 14.0. The van der Waals surface area contributed by atoms with Gasteiger partial charge in [0.05, 0.1) is 17.9 Å². The van der Waals surface area contributed by atoms with Gasteiger partial charge in [0.25, 0.3) is 0 Å². The molecular weight excluding hydrogens is 461 g/mol. The van der Waals surface area contributed by atoms with Gasteiger partial charge in [0.2, 0.25) is 0 Å². The molecule has 0 radical (unpaired) electrons. The van der Waals surface area contributed by atoms with Crippen LogP contribution in [-0.4, -0.2) is 22.8 Å². The van der Waals surface area contributed by atoms with Crippen molar-refractivity contribution >= 4 is 41.5 Å². The van der Waals surface area contributed by atoms with Gasteiger partial charge < -0.3 is 10.6 Å². The maximum atomic E-state index is 6.00. The summed E-state index contributed by atoms with van der Waals surface area (Å²) in [5, 5.41) is 11.8. The maximum absolute atomic E-state index is 6.00. The van der Waals surface area contributed by atoms with Crippen LogP contribution in [-0.2, 0) is 13.1 Å². The van der Waals surface area contributed by atoms with Crippen molar-refractivity contribution in [3.63, 3.8) is 0 Å². The fraction of sp³-hybridized carbons (Fsp3) is 0.158. The molecule has 1 heterocycles. The summed E-state index contributed by atoms with van der Waals surface area (Å²) in [7, 11) is 1.75. The lowest BCUT2D eigenvalue weighted by Crippen LogP contribution is -2.36. The van der Waals surface area contributed by atoms with Crippen LogP contribution >= 0.6 is 35.6 Å². The minimum Gasteiger partial charge on any atom is -0.352 e. The molecule has 0 atom stereocenters. The van der Waals surface area contributed by atoms with E-state index in [1.165, 1.54) is 0 Å². The second-order valence-electron chi connectivity index (χ2n) is 5.50. The van der Waals surface area contributed by atoms with Crippen molar-refractivity contribution in [1.29, 1.82) is 0 Å². The number of hydrogen-bond donors (Lipinski definition) is 2. The Morgan fingerprint density at radius 1 is 1.04 bits per heavy atom. The maximum Gasteiger partial charge on any atom is 0.191 e. The van der Waals surface area contributed by atoms with Gasteiger partial charge in [-0.05, 0) is 35.9 Å². The van der Waals surface area contributed by atoms with Gasteiger partial charge in [-0.1, -0.05) is 41.9 Å². The average Bonchev–Trinajstić information content (AvgIpc) is 3.12. The van der Waals surface area contributed by atoms with Crippen LogP contribution in [0.25, 0.3) is 5.69 Å². The van der Waals surface area contributed by atoms with Gasteiger partial charge in [0.15, 0.2) is 5.96 Å². The van der Waals surface area contributed by atoms with Gasteiger partial charge in [-0.25, -0.2) is 4.68 Å². The Balaban J connectivity index is 0.00000243. The predicted octanol–water partition coefficient (Wildman–Crippen LogP) is 4.01. The lowest BCUT2D eigenvalue weighted by molar-refractivity contribution is 0.768. The highest BCUT2D eigenvalue weighted by Gasteiger charge is 2.03. The molecule has 136 valence electrons. The van der Waals surface area contributed by atoms with Crippen molar-refractivity contribution in [3.05, 3.63) is 83.1 Å². The van der Waals surface area contributed by atoms with Gasteiger partial charge in [-0.3, -0.25) is 4.99 Å². The first-order chi connectivity index (χ1) is 12.2. The number of guanidine groups is 1. The normalized spacial score (nSPS) is 10.9. The standard InChI is InChI=1S/C19H20ClN5.HI/c1-21-19(22-13-15-6-5-7-16(20)12-15)23-14-17-10-11-25(24-17)18-8-3-2-4-9-18;/h2-12H,13-14H2,1H3,(H2,21,22,23);1H. The first kappa shape index (κ1) is 20.3. The largest absolute Gasteiger partial charge is 0.352 e. The van der Waals surface area contributed by atoms with E-state index >= 15 is 0 Å². The molecule has 5 nitrogen and oxygen atoms in total. The smallest absolute Gasteiger partial charge is 0.191 e. The van der Waals surface area contributed by atoms with E-state index in [1.807, 2.05) is 71.5 Å². The molecule has 0 saturated carbocycles. The number of halogens is 2. The minimum atomic E-state index is 0. The fourth-order valence-corrected chi connectivity index (χ4v) is 2.62. The summed E-state index contributed by atoms with van der Waals surface area (Å²) < 4.78 is 1.86. The third-order valence-electron chi connectivity index (χ3n) is 3.67. The molecule has 0 aliphatic carbocycles. The number of aliphatic imine (C=N–C) groups is 1. The fourth-order valence-electron chi connectivity index (χ4n) is 2.41. The van der Waals surface area contributed by atoms with Gasteiger partial charge in [-0.15, -0.1) is 24.0 Å². The van der Waals surface area contributed by atoms with Crippen LogP contribution in [0.1, 0.15) is 11.3 Å². The SMILES string of the molecule is CN=C(NCc1cccc(Cl)c1)NCc1ccn(-c2ccccc2)n1.I. The number of nitrogens with zero attached hydrogens (tertiary/aromatic N) is 3. The van der Waals surface area contributed by atoms with E-state index in [9.17, 15) is 0 Å². The molecule has 0 amide bonds. The van der Waals surface area contributed by atoms with Crippen LogP contribution in [0.3, 0.4) is 0 Å². The number of aromatic nitrogens is 2. The second-order valence-corrected chi connectivity index (χ2v) is 5.93. The van der Waals surface area contributed by atoms with E-state index < -0.39 is 0 Å². The molecule has 0 unspecified atom stereocenters. The molecule has 0 aliphatic heterocycles. The Morgan fingerprint density at radius 3 is 2.54 bits per heavy atom. The zero-order chi connectivity index (χ0) is 17.5. The molecule has 2 N–H and O–H groups in total. The summed E-state index contributed by atoms with van der Waals surface area (Å²) in [5.74, 6) is 0.717. The average molecular weight is 482 g/mol. The Labute approximate surface area is 175 Å². The van der Waals surface area contributed by atoms with E-state index in [0.29, 0.717) is 19.0 Å². The molecule has 0 saturated heterocycles. The summed E-state index contributed by atoms with van der Waals surface area (Å²) in [6, 6.07) is 19.8. The van der Waals surface area contributed by atoms with Crippen LogP contribution in [0.2, 0.25) is 5.02 Å². The Bertz CT molecular complexity index is 848. The topological polar surface area (TPSA) is 54.2 Å². The summed E-state index contributed by atoms with van der Waals surface area (Å²) >= 11 is 6.00. The Kier molecular flexibility index (Phi) is 7.93. The zero-order valence-corrected chi connectivity index (χ0v) is 17.5. The molecule has 26 heavy (non-hydrogen) atoms. The third-order valence-corrected chi connectivity index (χ3v) is 3.91. The van der Waals surface area contributed by atoms with Gasteiger partial charge in [0, 0.05) is 24.8 Å². The number of rotatable bonds is 5. The van der Waals surface area contributed by atoms with Gasteiger partial charge >= 0.3 is 0 Å². The number of nitrogens with one attached hydrogen (secondary N) is 2. The third kappa shape index (κ3) is 5.74. The summed E-state index contributed by atoms with van der Waals surface area (Å²) in [4.78, 5) is 4.23. The van der Waals surface area contributed by atoms with Crippen LogP contribution in [0.15, 0.2) is 71.9 Å². The summed E-state index contributed by atoms with van der Waals surface area (Å²) in [6.45, 7) is 1.24. The van der Waals surface area contributed by atoms with Crippen LogP contribution < -0.4 is 10.6 Å². The molecule has 0 spiro atoms. The Hall–Kier alpha value is -2.06. The molecule has 3 rings (SSSR count). The van der Waals surface area contributed by atoms with E-state index in [1.54, 1.807) is 7.05 Å². The molecule has 1 aromatic heterocycles. The van der Waals surface area contributed by atoms with Crippen LogP contribution in [0, 0.1) is 0 Å². The highest BCUT2D eigenvalue weighted by atomic mass is 127. The van der Waals surface area contributed by atoms with Gasteiger partial charge in [-0.2, -0.15) is 5.10 Å². The van der Waals surface area contributed by atoms with Crippen molar-refractivity contribution < 1.29 is 0 Å². The van der Waals surface area contributed by atoms with Crippen molar-refractivity contribution in [2.75, 3.05) is 7.05 Å². The molecule has 3 aromatic rings. The van der Waals surface area contributed by atoms with Crippen LogP contribution in [0.4, 0.5) is 0 Å². The predicted molar refractivity (Wildman–Crippen MR) is 117 cm³/mol. The Morgan fingerprint density at radius 2 is 1.81 bits per heavy atom. The van der Waals surface area contributed by atoms with Crippen LogP contribution in [0.5, 0.6) is 0 Å². The lowest BCUT2D eigenvalue weighted by atomic mass is 10.2. The molecule has 7 heteroatoms. The summed E-state index contributed by atoms with van der Waals surface area (Å²) in [6.07, 6.45) is 1.95. The van der Waals surface area contributed by atoms with Crippen molar-refractivity contribution in [2.45, 2.75) is 13.1 Å². The summed E-state index contributed by atoms with van der Waals surface area (Å²) in [5.41, 5.74) is 3.08. The van der Waals surface area contributed by atoms with Gasteiger partial charge in [0.1, 0.15) is 0 Å². The van der Waals surface area contributed by atoms with E-state index in [2.05, 4.69) is 20.7 Å². The van der Waals surface area contributed by atoms with E-state index in [-0.39, 0.29) is 24.0 Å².